The zero-order valence-corrected chi connectivity index (χ0v) is 13.9. The minimum atomic E-state index is -0.927. The van der Waals surface area contributed by atoms with Gasteiger partial charge in [0.05, 0.1) is 5.56 Å². The van der Waals surface area contributed by atoms with Crippen molar-refractivity contribution in [2.24, 2.45) is 0 Å². The zero-order chi connectivity index (χ0) is 16.8. The second-order valence-corrected chi connectivity index (χ2v) is 5.78. The molecule has 0 saturated carbocycles. The van der Waals surface area contributed by atoms with Crippen molar-refractivity contribution in [3.63, 3.8) is 0 Å². The molecule has 0 saturated heterocycles. The van der Waals surface area contributed by atoms with Crippen LogP contribution in [0.4, 0.5) is 0 Å². The Bertz CT molecular complexity index is 684. The van der Waals surface area contributed by atoms with Crippen molar-refractivity contribution >= 4 is 35.1 Å². The molecule has 0 fully saturated rings. The molecule has 0 heterocycles. The molecule has 2 rings (SSSR count). The van der Waals surface area contributed by atoms with Gasteiger partial charge in [-0.15, -0.1) is 0 Å². The van der Waals surface area contributed by atoms with E-state index in [9.17, 15) is 9.59 Å². The molecule has 0 spiro atoms. The topological polar surface area (TPSA) is 55.4 Å². The van der Waals surface area contributed by atoms with Crippen molar-refractivity contribution in [3.05, 3.63) is 69.7 Å². The SMILES string of the molecule is CC(OC(=O)c1cc(Cl)cc(Cl)c1)C(=O)NCc1ccccc1. The number of hydrogen-bond acceptors (Lipinski definition) is 3. The minimum Gasteiger partial charge on any atom is -0.449 e. The van der Waals surface area contributed by atoms with Gasteiger partial charge in [-0.2, -0.15) is 0 Å². The zero-order valence-electron chi connectivity index (χ0n) is 12.4. The highest BCUT2D eigenvalue weighted by Gasteiger charge is 2.19. The number of esters is 1. The Hall–Kier alpha value is -2.04. The molecule has 0 bridgehead atoms. The molecule has 120 valence electrons. The van der Waals surface area contributed by atoms with E-state index in [1.165, 1.54) is 25.1 Å². The van der Waals surface area contributed by atoms with Crippen molar-refractivity contribution in [2.45, 2.75) is 19.6 Å². The van der Waals surface area contributed by atoms with Crippen LogP contribution < -0.4 is 5.32 Å². The van der Waals surface area contributed by atoms with Crippen LogP contribution in [-0.2, 0) is 16.1 Å². The fraction of sp³-hybridized carbons (Fsp3) is 0.176. The lowest BCUT2D eigenvalue weighted by atomic mass is 10.2. The molecule has 0 aliphatic heterocycles. The Labute approximate surface area is 144 Å². The number of carbonyl (C=O) groups is 2. The summed E-state index contributed by atoms with van der Waals surface area (Å²) in [6, 6.07) is 13.8. The molecule has 1 atom stereocenters. The van der Waals surface area contributed by atoms with Gasteiger partial charge in [0.2, 0.25) is 0 Å². The van der Waals surface area contributed by atoms with Gasteiger partial charge in [-0.05, 0) is 30.7 Å². The van der Waals surface area contributed by atoms with Gasteiger partial charge in [0.15, 0.2) is 6.10 Å². The molecule has 4 nitrogen and oxygen atoms in total. The van der Waals surface area contributed by atoms with Crippen molar-refractivity contribution < 1.29 is 14.3 Å². The molecule has 2 aromatic rings. The average molecular weight is 352 g/mol. The molecule has 0 aliphatic rings. The van der Waals surface area contributed by atoms with Crippen molar-refractivity contribution in [1.82, 2.24) is 5.32 Å². The molecule has 1 amide bonds. The van der Waals surface area contributed by atoms with Crippen LogP contribution in [-0.4, -0.2) is 18.0 Å². The lowest BCUT2D eigenvalue weighted by molar-refractivity contribution is -0.129. The molecule has 0 radical (unpaired) electrons. The maximum Gasteiger partial charge on any atom is 0.339 e. The van der Waals surface area contributed by atoms with Crippen LogP contribution >= 0.6 is 23.2 Å². The molecule has 1 unspecified atom stereocenters. The molecule has 2 aromatic carbocycles. The first-order valence-corrected chi connectivity index (χ1v) is 7.70. The Kier molecular flexibility index (Phi) is 6.02. The first kappa shape index (κ1) is 17.3. The highest BCUT2D eigenvalue weighted by molar-refractivity contribution is 6.35. The fourth-order valence-electron chi connectivity index (χ4n) is 1.88. The van der Waals surface area contributed by atoms with E-state index < -0.39 is 12.1 Å². The highest BCUT2D eigenvalue weighted by Crippen LogP contribution is 2.20. The van der Waals surface area contributed by atoms with Crippen molar-refractivity contribution in [1.29, 1.82) is 0 Å². The largest absolute Gasteiger partial charge is 0.449 e. The minimum absolute atomic E-state index is 0.199. The first-order valence-electron chi connectivity index (χ1n) is 6.94. The summed E-state index contributed by atoms with van der Waals surface area (Å²) < 4.78 is 5.13. The second-order valence-electron chi connectivity index (χ2n) is 4.91. The summed E-state index contributed by atoms with van der Waals surface area (Å²) in [6.07, 6.45) is -0.927. The van der Waals surface area contributed by atoms with Gasteiger partial charge < -0.3 is 10.1 Å². The number of rotatable bonds is 5. The van der Waals surface area contributed by atoms with Gasteiger partial charge in [0, 0.05) is 16.6 Å². The van der Waals surface area contributed by atoms with E-state index in [1.54, 1.807) is 0 Å². The Morgan fingerprint density at radius 3 is 2.30 bits per heavy atom. The number of nitrogens with one attached hydrogen (secondary N) is 1. The third-order valence-corrected chi connectivity index (χ3v) is 3.50. The van der Waals surface area contributed by atoms with Crippen LogP contribution in [0.3, 0.4) is 0 Å². The van der Waals surface area contributed by atoms with Gasteiger partial charge in [-0.25, -0.2) is 4.79 Å². The molecule has 1 N–H and O–H groups in total. The summed E-state index contributed by atoms with van der Waals surface area (Å²) in [4.78, 5) is 24.0. The molecular weight excluding hydrogens is 337 g/mol. The van der Waals surface area contributed by atoms with Crippen molar-refractivity contribution in [2.75, 3.05) is 0 Å². The Morgan fingerprint density at radius 1 is 1.09 bits per heavy atom. The average Bonchev–Trinajstić information content (AvgIpc) is 2.52. The standard InChI is InChI=1S/C17H15Cl2NO3/c1-11(16(21)20-10-12-5-3-2-4-6-12)23-17(22)13-7-14(18)9-15(19)8-13/h2-9,11H,10H2,1H3,(H,20,21). The van der Waals surface area contributed by atoms with Crippen LogP contribution in [0.15, 0.2) is 48.5 Å². The van der Waals surface area contributed by atoms with E-state index in [0.717, 1.165) is 5.56 Å². The van der Waals surface area contributed by atoms with E-state index in [2.05, 4.69) is 5.32 Å². The molecule has 0 aromatic heterocycles. The summed E-state index contributed by atoms with van der Waals surface area (Å²) in [5, 5.41) is 3.36. The lowest BCUT2D eigenvalue weighted by Gasteiger charge is -2.14. The van der Waals surface area contributed by atoms with Gasteiger partial charge >= 0.3 is 5.97 Å². The number of hydrogen-bond donors (Lipinski definition) is 1. The van der Waals surface area contributed by atoms with Gasteiger partial charge in [0.1, 0.15) is 0 Å². The van der Waals surface area contributed by atoms with Crippen LogP contribution in [0, 0.1) is 0 Å². The smallest absolute Gasteiger partial charge is 0.339 e. The lowest BCUT2D eigenvalue weighted by Crippen LogP contribution is -2.35. The summed E-state index contributed by atoms with van der Waals surface area (Å²) in [6.45, 7) is 1.87. The quantitative estimate of drug-likeness (QED) is 0.832. The van der Waals surface area contributed by atoms with Crippen LogP contribution in [0.2, 0.25) is 10.0 Å². The number of ether oxygens (including phenoxy) is 1. The predicted molar refractivity (Wildman–Crippen MR) is 89.6 cm³/mol. The third-order valence-electron chi connectivity index (χ3n) is 3.06. The van der Waals surface area contributed by atoms with Crippen LogP contribution in [0.25, 0.3) is 0 Å². The molecule has 0 aliphatic carbocycles. The van der Waals surface area contributed by atoms with Crippen LogP contribution in [0.1, 0.15) is 22.8 Å². The first-order chi connectivity index (χ1) is 11.0. The van der Waals surface area contributed by atoms with Gasteiger partial charge in [-0.3, -0.25) is 4.79 Å². The number of benzene rings is 2. The van der Waals surface area contributed by atoms with E-state index in [-0.39, 0.29) is 11.5 Å². The van der Waals surface area contributed by atoms with Gasteiger partial charge in [-0.1, -0.05) is 53.5 Å². The molecule has 6 heteroatoms. The second kappa shape index (κ2) is 7.99. The molecule has 23 heavy (non-hydrogen) atoms. The summed E-state index contributed by atoms with van der Waals surface area (Å²) >= 11 is 11.7. The maximum absolute atomic E-state index is 12.0. The normalized spacial score (nSPS) is 11.6. The number of carbonyl (C=O) groups excluding carboxylic acids is 2. The number of amides is 1. The Balaban J connectivity index is 1.91. The summed E-state index contributed by atoms with van der Waals surface area (Å²) in [7, 11) is 0. The van der Waals surface area contributed by atoms with E-state index in [4.69, 9.17) is 27.9 Å². The highest BCUT2D eigenvalue weighted by atomic mass is 35.5. The molecular formula is C17H15Cl2NO3. The third kappa shape index (κ3) is 5.27. The summed E-state index contributed by atoms with van der Waals surface area (Å²) in [5.74, 6) is -1.04. The fourth-order valence-corrected chi connectivity index (χ4v) is 2.41. The van der Waals surface area contributed by atoms with Crippen molar-refractivity contribution in [3.8, 4) is 0 Å². The van der Waals surface area contributed by atoms with E-state index in [1.807, 2.05) is 30.3 Å². The van der Waals surface area contributed by atoms with E-state index in [0.29, 0.717) is 16.6 Å². The van der Waals surface area contributed by atoms with E-state index >= 15 is 0 Å². The summed E-state index contributed by atoms with van der Waals surface area (Å²) in [5.41, 5.74) is 1.16. The van der Waals surface area contributed by atoms with Crippen LogP contribution in [0.5, 0.6) is 0 Å². The van der Waals surface area contributed by atoms with Gasteiger partial charge in [0.25, 0.3) is 5.91 Å². The maximum atomic E-state index is 12.0. The monoisotopic (exact) mass is 351 g/mol. The Morgan fingerprint density at radius 2 is 1.70 bits per heavy atom. The number of halogens is 2. The predicted octanol–water partition coefficient (Wildman–Crippen LogP) is 3.86.